The third-order valence-electron chi connectivity index (χ3n) is 3.76. The van der Waals surface area contributed by atoms with Gasteiger partial charge >= 0.3 is 0 Å². The zero-order chi connectivity index (χ0) is 11.5. The summed E-state index contributed by atoms with van der Waals surface area (Å²) in [5, 5.41) is 3.57. The van der Waals surface area contributed by atoms with Gasteiger partial charge in [0, 0.05) is 24.5 Å². The SMILES string of the molecule is Cc1cc(CCCCNC2CC2)c(C)n1C. The van der Waals surface area contributed by atoms with Crippen LogP contribution in [0.1, 0.15) is 42.6 Å². The molecule has 1 aromatic rings. The van der Waals surface area contributed by atoms with Crippen molar-refractivity contribution >= 4 is 0 Å². The van der Waals surface area contributed by atoms with Crippen LogP contribution in [-0.2, 0) is 13.5 Å². The van der Waals surface area contributed by atoms with Gasteiger partial charge in [-0.15, -0.1) is 0 Å². The van der Waals surface area contributed by atoms with Gasteiger partial charge in [-0.2, -0.15) is 0 Å². The largest absolute Gasteiger partial charge is 0.352 e. The number of aryl methyl sites for hydroxylation is 2. The molecule has 16 heavy (non-hydrogen) atoms. The highest BCUT2D eigenvalue weighted by Crippen LogP contribution is 2.19. The number of unbranched alkanes of at least 4 members (excludes halogenated alkanes) is 1. The van der Waals surface area contributed by atoms with E-state index in [0.29, 0.717) is 0 Å². The lowest BCUT2D eigenvalue weighted by Crippen LogP contribution is -2.17. The van der Waals surface area contributed by atoms with Crippen LogP contribution in [0.3, 0.4) is 0 Å². The monoisotopic (exact) mass is 220 g/mol. The summed E-state index contributed by atoms with van der Waals surface area (Å²) in [5.74, 6) is 0. The van der Waals surface area contributed by atoms with Crippen molar-refractivity contribution in [3.05, 3.63) is 23.0 Å². The Labute approximate surface area is 99.0 Å². The summed E-state index contributed by atoms with van der Waals surface area (Å²) in [6.45, 7) is 5.62. The number of hydrogen-bond acceptors (Lipinski definition) is 1. The fourth-order valence-corrected chi connectivity index (χ4v) is 2.22. The molecule has 90 valence electrons. The van der Waals surface area contributed by atoms with Crippen LogP contribution in [0.4, 0.5) is 0 Å². The van der Waals surface area contributed by atoms with E-state index in [0.717, 1.165) is 6.04 Å². The van der Waals surface area contributed by atoms with Crippen molar-refractivity contribution in [1.82, 2.24) is 9.88 Å². The molecule has 0 unspecified atom stereocenters. The molecule has 2 heteroatoms. The zero-order valence-corrected chi connectivity index (χ0v) is 10.8. The van der Waals surface area contributed by atoms with E-state index in [1.807, 2.05) is 0 Å². The van der Waals surface area contributed by atoms with Gasteiger partial charge in [-0.3, -0.25) is 0 Å². The maximum Gasteiger partial charge on any atom is 0.0175 e. The van der Waals surface area contributed by atoms with E-state index in [4.69, 9.17) is 0 Å². The molecular weight excluding hydrogens is 196 g/mol. The normalized spacial score (nSPS) is 15.7. The van der Waals surface area contributed by atoms with Crippen LogP contribution in [0.15, 0.2) is 6.07 Å². The molecule has 0 saturated heterocycles. The van der Waals surface area contributed by atoms with E-state index in [-0.39, 0.29) is 0 Å². The minimum Gasteiger partial charge on any atom is -0.352 e. The molecule has 1 aliphatic carbocycles. The molecule has 0 aliphatic heterocycles. The Kier molecular flexibility index (Phi) is 3.70. The quantitative estimate of drug-likeness (QED) is 0.729. The van der Waals surface area contributed by atoms with Crippen LogP contribution < -0.4 is 5.32 Å². The highest BCUT2D eigenvalue weighted by atomic mass is 14.9. The predicted octanol–water partition coefficient (Wildman–Crippen LogP) is 2.72. The van der Waals surface area contributed by atoms with Gasteiger partial charge in [-0.05, 0) is 64.1 Å². The fraction of sp³-hybridized carbons (Fsp3) is 0.714. The molecule has 1 heterocycles. The summed E-state index contributed by atoms with van der Waals surface area (Å²) in [6.07, 6.45) is 6.65. The fourth-order valence-electron chi connectivity index (χ4n) is 2.22. The standard InChI is InChI=1S/C14H24N2/c1-11-10-13(12(2)16(11)3)6-4-5-9-15-14-7-8-14/h10,14-15H,4-9H2,1-3H3. The van der Waals surface area contributed by atoms with Gasteiger partial charge in [0.1, 0.15) is 0 Å². The Hall–Kier alpha value is -0.760. The molecule has 0 atom stereocenters. The maximum absolute atomic E-state index is 3.57. The second kappa shape index (κ2) is 5.05. The smallest absolute Gasteiger partial charge is 0.0175 e. The molecule has 0 spiro atoms. The first-order valence-electron chi connectivity index (χ1n) is 6.53. The second-order valence-electron chi connectivity index (χ2n) is 5.14. The third-order valence-corrected chi connectivity index (χ3v) is 3.76. The van der Waals surface area contributed by atoms with Crippen LogP contribution in [0.5, 0.6) is 0 Å². The molecule has 0 bridgehead atoms. The van der Waals surface area contributed by atoms with E-state index in [1.54, 1.807) is 0 Å². The van der Waals surface area contributed by atoms with Gasteiger partial charge in [0.05, 0.1) is 0 Å². The van der Waals surface area contributed by atoms with E-state index >= 15 is 0 Å². The van der Waals surface area contributed by atoms with Gasteiger partial charge in [0.25, 0.3) is 0 Å². The van der Waals surface area contributed by atoms with Gasteiger partial charge in [-0.1, -0.05) is 0 Å². The second-order valence-corrected chi connectivity index (χ2v) is 5.14. The molecule has 0 amide bonds. The molecule has 2 nitrogen and oxygen atoms in total. The Balaban J connectivity index is 1.69. The highest BCUT2D eigenvalue weighted by Gasteiger charge is 2.19. The minimum atomic E-state index is 0.862. The Morgan fingerprint density at radius 2 is 2.06 bits per heavy atom. The van der Waals surface area contributed by atoms with Crippen LogP contribution >= 0.6 is 0 Å². The van der Waals surface area contributed by atoms with Crippen molar-refractivity contribution in [2.75, 3.05) is 6.54 Å². The summed E-state index contributed by atoms with van der Waals surface area (Å²) < 4.78 is 2.29. The molecule has 0 aromatic carbocycles. The van der Waals surface area contributed by atoms with Gasteiger partial charge in [-0.25, -0.2) is 0 Å². The van der Waals surface area contributed by atoms with Gasteiger partial charge in [0.15, 0.2) is 0 Å². The van der Waals surface area contributed by atoms with Crippen molar-refractivity contribution < 1.29 is 0 Å². The predicted molar refractivity (Wildman–Crippen MR) is 68.8 cm³/mol. The topological polar surface area (TPSA) is 17.0 Å². The van der Waals surface area contributed by atoms with Gasteiger partial charge in [0.2, 0.25) is 0 Å². The third kappa shape index (κ3) is 2.88. The number of hydrogen-bond donors (Lipinski definition) is 1. The van der Waals surface area contributed by atoms with Crippen LogP contribution in [-0.4, -0.2) is 17.2 Å². The van der Waals surface area contributed by atoms with Crippen molar-refractivity contribution in [3.63, 3.8) is 0 Å². The highest BCUT2D eigenvalue weighted by molar-refractivity contribution is 5.26. The summed E-state index contributed by atoms with van der Waals surface area (Å²) in [7, 11) is 2.16. The molecular formula is C14H24N2. The van der Waals surface area contributed by atoms with Crippen LogP contribution in [0, 0.1) is 13.8 Å². The number of nitrogens with one attached hydrogen (secondary N) is 1. The van der Waals surface area contributed by atoms with E-state index in [1.165, 1.54) is 55.6 Å². The van der Waals surface area contributed by atoms with Crippen molar-refractivity contribution in [1.29, 1.82) is 0 Å². The van der Waals surface area contributed by atoms with Crippen molar-refractivity contribution in [2.24, 2.45) is 7.05 Å². The number of aromatic nitrogens is 1. The lowest BCUT2D eigenvalue weighted by atomic mass is 10.1. The Morgan fingerprint density at radius 1 is 1.31 bits per heavy atom. The summed E-state index contributed by atoms with van der Waals surface area (Å²) >= 11 is 0. The first kappa shape index (κ1) is 11.7. The summed E-state index contributed by atoms with van der Waals surface area (Å²) in [5.41, 5.74) is 4.35. The minimum absolute atomic E-state index is 0.862. The average Bonchev–Trinajstić information content (AvgIpc) is 3.04. The number of nitrogens with zero attached hydrogens (tertiary/aromatic N) is 1. The molecule has 1 aromatic heterocycles. The Bertz CT molecular complexity index is 348. The molecule has 0 radical (unpaired) electrons. The first-order chi connectivity index (χ1) is 7.68. The van der Waals surface area contributed by atoms with E-state index < -0.39 is 0 Å². The lowest BCUT2D eigenvalue weighted by molar-refractivity contribution is 0.619. The Morgan fingerprint density at radius 3 is 2.62 bits per heavy atom. The first-order valence-corrected chi connectivity index (χ1v) is 6.53. The van der Waals surface area contributed by atoms with E-state index in [9.17, 15) is 0 Å². The molecule has 1 saturated carbocycles. The zero-order valence-electron chi connectivity index (χ0n) is 10.8. The summed E-state index contributed by atoms with van der Waals surface area (Å²) in [6, 6.07) is 3.20. The molecule has 2 rings (SSSR count). The lowest BCUT2D eigenvalue weighted by Gasteiger charge is -2.04. The van der Waals surface area contributed by atoms with Crippen LogP contribution in [0.2, 0.25) is 0 Å². The molecule has 1 fully saturated rings. The number of rotatable bonds is 6. The van der Waals surface area contributed by atoms with Gasteiger partial charge < -0.3 is 9.88 Å². The average molecular weight is 220 g/mol. The van der Waals surface area contributed by atoms with Crippen molar-refractivity contribution in [3.8, 4) is 0 Å². The van der Waals surface area contributed by atoms with Crippen molar-refractivity contribution in [2.45, 2.75) is 52.0 Å². The molecule has 1 N–H and O–H groups in total. The summed E-state index contributed by atoms with van der Waals surface area (Å²) in [4.78, 5) is 0. The van der Waals surface area contributed by atoms with Crippen LogP contribution in [0.25, 0.3) is 0 Å². The van der Waals surface area contributed by atoms with E-state index in [2.05, 4.69) is 36.8 Å². The maximum atomic E-state index is 3.57. The molecule has 1 aliphatic rings.